The normalized spacial score (nSPS) is 18.5. The first-order valence-corrected chi connectivity index (χ1v) is 20.3. The van der Waals surface area contributed by atoms with Gasteiger partial charge in [-0.3, -0.25) is 19.6 Å². The Balaban J connectivity index is 0.00000641. The predicted molar refractivity (Wildman–Crippen MR) is 221 cm³/mol. The molecule has 308 valence electrons. The molecule has 0 saturated carbocycles. The van der Waals surface area contributed by atoms with Crippen LogP contribution in [-0.4, -0.2) is 98.8 Å². The topological polar surface area (TPSA) is 171 Å². The monoisotopic (exact) mass is 865 g/mol. The number of aliphatic carboxylic acids is 1. The number of fused-ring (bicyclic) bond motifs is 5. The van der Waals surface area contributed by atoms with Gasteiger partial charge in [-0.25, -0.2) is 15.2 Å². The number of aliphatic hydroxyl groups is 1. The van der Waals surface area contributed by atoms with Crippen molar-refractivity contribution in [3.8, 4) is 22.5 Å². The number of anilines is 1. The molecule has 4 heterocycles. The Morgan fingerprint density at radius 3 is 2.50 bits per heavy atom. The van der Waals surface area contributed by atoms with Gasteiger partial charge in [-0.05, 0) is 69.7 Å². The third-order valence-corrected chi connectivity index (χ3v) is 11.7. The van der Waals surface area contributed by atoms with Crippen molar-refractivity contribution in [1.82, 2.24) is 30.3 Å². The molecule has 2 aliphatic rings. The third kappa shape index (κ3) is 8.96. The van der Waals surface area contributed by atoms with Crippen molar-refractivity contribution in [2.45, 2.75) is 97.1 Å². The number of ether oxygens (including phenoxy) is 2. The Kier molecular flexibility index (Phi) is 14.1. The number of carbonyl (C=O) groups is 3. The van der Waals surface area contributed by atoms with E-state index in [0.717, 1.165) is 44.7 Å². The van der Waals surface area contributed by atoms with Gasteiger partial charge in [0.25, 0.3) is 5.91 Å². The fraction of sp³-hybridized carbons (Fsp3) is 0.500. The Labute approximate surface area is 357 Å². The van der Waals surface area contributed by atoms with Crippen LogP contribution in [-0.2, 0) is 51.5 Å². The largest absolute Gasteiger partial charge is 2.00 e. The number of aliphatic hydroxyl groups excluding tert-OH is 1. The van der Waals surface area contributed by atoms with Crippen LogP contribution in [0.25, 0.3) is 33.4 Å². The number of carbonyl (C=O) groups excluding carboxylic acids is 2. The SMILES string of the molecule is [CH2-]CN(C[CH2-])c1cnc2c(c1)-c1c(c3cc(-c4csc(C[C@H](NC(=O)OC(C)(C)C)C(=O)N5CCC[C@@H](C(=O)O)N5)n4)ccc3n1CC)C(C(C)(C)CO)[C@@H]2OC.[Zn+2]. The number of alkyl carbamates (subject to hydrolysis) is 1. The molecule has 1 aliphatic heterocycles. The van der Waals surface area contributed by atoms with Gasteiger partial charge in [0.05, 0.1) is 34.0 Å². The number of benzene rings is 1. The number of pyridine rings is 1. The maximum Gasteiger partial charge on any atom is 2.00 e. The van der Waals surface area contributed by atoms with Crippen LogP contribution in [0.5, 0.6) is 0 Å². The number of nitrogens with one attached hydrogen (secondary N) is 2. The molecule has 16 heteroatoms. The quantitative estimate of drug-likeness (QED) is 0.0900. The Morgan fingerprint density at radius 2 is 1.88 bits per heavy atom. The molecule has 0 radical (unpaired) electrons. The van der Waals surface area contributed by atoms with E-state index >= 15 is 0 Å². The molecule has 4 N–H and O–H groups in total. The molecule has 0 spiro atoms. The van der Waals surface area contributed by atoms with Crippen molar-refractivity contribution in [1.29, 1.82) is 0 Å². The molecule has 1 saturated heterocycles. The van der Waals surface area contributed by atoms with Gasteiger partial charge in [-0.2, -0.15) is 0 Å². The number of rotatable bonds is 13. The first kappa shape index (κ1) is 45.1. The molecule has 4 atom stereocenters. The molecule has 2 amide bonds. The first-order chi connectivity index (χ1) is 27.0. The average molecular weight is 867 g/mol. The van der Waals surface area contributed by atoms with E-state index in [1.54, 1.807) is 27.9 Å². The summed E-state index contributed by atoms with van der Waals surface area (Å²) >= 11 is 1.37. The first-order valence-electron chi connectivity index (χ1n) is 19.4. The van der Waals surface area contributed by atoms with Gasteiger partial charge in [0.1, 0.15) is 23.8 Å². The second-order valence-corrected chi connectivity index (χ2v) is 17.3. The zero-order chi connectivity index (χ0) is 41.4. The minimum Gasteiger partial charge on any atom is -0.480 e. The van der Waals surface area contributed by atoms with Gasteiger partial charge in [-0.15, -0.1) is 24.4 Å². The summed E-state index contributed by atoms with van der Waals surface area (Å²) in [6, 6.07) is 6.44. The summed E-state index contributed by atoms with van der Waals surface area (Å²) in [4.78, 5) is 50.6. The summed E-state index contributed by atoms with van der Waals surface area (Å²) in [7, 11) is 1.69. The van der Waals surface area contributed by atoms with E-state index in [4.69, 9.17) is 19.4 Å². The van der Waals surface area contributed by atoms with Crippen molar-refractivity contribution in [3.05, 3.63) is 66.0 Å². The summed E-state index contributed by atoms with van der Waals surface area (Å²) in [5.74, 6) is -1.78. The van der Waals surface area contributed by atoms with Crippen molar-refractivity contribution < 1.29 is 53.5 Å². The van der Waals surface area contributed by atoms with E-state index in [1.165, 1.54) is 16.3 Å². The summed E-state index contributed by atoms with van der Waals surface area (Å²) < 4.78 is 14.1. The van der Waals surface area contributed by atoms with Crippen LogP contribution in [0.4, 0.5) is 10.5 Å². The molecule has 3 aromatic heterocycles. The maximum absolute atomic E-state index is 13.9. The molecular weight excluding hydrogens is 812 g/mol. The van der Waals surface area contributed by atoms with Crippen molar-refractivity contribution in [2.75, 3.05) is 38.3 Å². The summed E-state index contributed by atoms with van der Waals surface area (Å²) in [6.45, 7) is 21.6. The molecule has 4 aromatic rings. The molecule has 1 aromatic carbocycles. The number of carboxylic acid groups (broad SMARTS) is 1. The second kappa shape index (κ2) is 18.1. The maximum atomic E-state index is 13.9. The predicted octanol–water partition coefficient (Wildman–Crippen LogP) is 6.14. The van der Waals surface area contributed by atoms with Crippen LogP contribution in [0.1, 0.15) is 82.7 Å². The Morgan fingerprint density at radius 1 is 1.16 bits per heavy atom. The number of amides is 2. The van der Waals surface area contributed by atoms with E-state index in [0.29, 0.717) is 49.7 Å². The average Bonchev–Trinajstić information content (AvgIpc) is 3.78. The van der Waals surface area contributed by atoms with Crippen LogP contribution >= 0.6 is 11.3 Å². The fourth-order valence-electron chi connectivity index (χ4n) is 8.03. The number of hydrogen-bond donors (Lipinski definition) is 4. The standard InChI is InChI=1S/C42H55N7O7S.Zn/c1-10-47(11-2)25-19-27-35(43-21-25)37(55-9)34(42(7,8)23-50)33-26-18-24(15-16-31(26)48(12-3)36(27)33)30-22-57-32(44-30)20-29(45-40(54)56-41(4,5)6)38(51)49-17-13-14-28(46-49)39(52)53;/h15-16,18-19,21-22,28-29,34,37,46,50H,1-2,10-14,17,20,23H2,3-9H3,(H,45,54)(H,52,53);/q-2;+2/t28-,29-,34?,37-;/m0./s1. The Hall–Kier alpha value is -3.95. The van der Waals surface area contributed by atoms with E-state index in [9.17, 15) is 24.6 Å². The van der Waals surface area contributed by atoms with Gasteiger partial charge < -0.3 is 48.3 Å². The summed E-state index contributed by atoms with van der Waals surface area (Å²) in [5.41, 5.74) is 8.80. The molecule has 1 unspecified atom stereocenters. The van der Waals surface area contributed by atoms with Crippen LogP contribution in [0.15, 0.2) is 35.8 Å². The van der Waals surface area contributed by atoms with E-state index in [1.807, 2.05) is 17.6 Å². The van der Waals surface area contributed by atoms with Gasteiger partial charge in [0.2, 0.25) is 0 Å². The molecule has 14 nitrogen and oxygen atoms in total. The number of methoxy groups -OCH3 is 1. The third-order valence-electron chi connectivity index (χ3n) is 10.8. The van der Waals surface area contributed by atoms with Crippen LogP contribution in [0.2, 0.25) is 0 Å². The molecule has 1 aliphatic carbocycles. The second-order valence-electron chi connectivity index (χ2n) is 16.3. The number of hydrazine groups is 1. The fourth-order valence-corrected chi connectivity index (χ4v) is 8.88. The molecule has 58 heavy (non-hydrogen) atoms. The number of nitrogens with zero attached hydrogens (tertiary/aromatic N) is 5. The zero-order valence-corrected chi connectivity index (χ0v) is 38.4. The van der Waals surface area contributed by atoms with Crippen LogP contribution < -0.4 is 15.6 Å². The minimum absolute atomic E-state index is 0. The van der Waals surface area contributed by atoms with Crippen molar-refractivity contribution in [2.24, 2.45) is 5.41 Å². The van der Waals surface area contributed by atoms with Crippen molar-refractivity contribution in [3.63, 3.8) is 0 Å². The van der Waals surface area contributed by atoms with Gasteiger partial charge in [-0.1, -0.05) is 19.9 Å². The van der Waals surface area contributed by atoms with Crippen molar-refractivity contribution >= 4 is 45.9 Å². The van der Waals surface area contributed by atoms with E-state index in [-0.39, 0.29) is 38.4 Å². The molecule has 0 bridgehead atoms. The van der Waals surface area contributed by atoms with Gasteiger partial charge in [0.15, 0.2) is 0 Å². The summed E-state index contributed by atoms with van der Waals surface area (Å²) in [5, 5.41) is 28.0. The van der Waals surface area contributed by atoms with E-state index < -0.39 is 47.2 Å². The van der Waals surface area contributed by atoms with E-state index in [2.05, 4.69) is 73.0 Å². The van der Waals surface area contributed by atoms with Crippen LogP contribution in [0, 0.1) is 19.3 Å². The molecule has 6 rings (SSSR count). The van der Waals surface area contributed by atoms with Gasteiger partial charge in [0, 0.05) is 66.6 Å². The molecule has 1 fully saturated rings. The zero-order valence-electron chi connectivity index (χ0n) is 34.6. The summed E-state index contributed by atoms with van der Waals surface area (Å²) in [6.07, 6.45) is 1.60. The Bertz CT molecular complexity index is 2130. The van der Waals surface area contributed by atoms with Crippen LogP contribution in [0.3, 0.4) is 0 Å². The number of thiazole rings is 1. The number of aryl methyl sites for hydroxylation is 1. The molecular formula is C42H55N7O7SZn. The number of carboxylic acids is 1. The minimum atomic E-state index is -1.07. The number of aromatic nitrogens is 3. The number of hydrogen-bond acceptors (Lipinski definition) is 11. The smallest absolute Gasteiger partial charge is 0.480 e. The van der Waals surface area contributed by atoms with Gasteiger partial charge >= 0.3 is 31.5 Å².